The Kier molecular flexibility index (Phi) is 8.25. The van der Waals surface area contributed by atoms with E-state index in [0.717, 1.165) is 40.5 Å². The van der Waals surface area contributed by atoms with Crippen molar-refractivity contribution in [3.63, 3.8) is 0 Å². The van der Waals surface area contributed by atoms with E-state index in [1.54, 1.807) is 0 Å². The second-order valence-electron chi connectivity index (χ2n) is 5.10. The van der Waals surface area contributed by atoms with Crippen molar-refractivity contribution in [2.45, 2.75) is 19.5 Å². The molecule has 0 atom stereocenters. The Hall–Kier alpha value is -1.28. The maximum Gasteiger partial charge on any atom is 3.00 e. The molecule has 125 valence electrons. The molecule has 0 aliphatic carbocycles. The zero-order chi connectivity index (χ0) is 15.0. The first-order chi connectivity index (χ1) is 9.99. The largest absolute Gasteiger partial charge is 3.00 e. The molecule has 0 amide bonds. The quantitative estimate of drug-likeness (QED) is 0.414. The molecule has 3 aromatic rings. The van der Waals surface area contributed by atoms with Crippen molar-refractivity contribution in [2.24, 2.45) is 0 Å². The van der Waals surface area contributed by atoms with Crippen molar-refractivity contribution >= 4 is 10.8 Å². The molecule has 3 rings (SSSR count). The van der Waals surface area contributed by atoms with Crippen LogP contribution in [0.4, 0.5) is 13.2 Å². The minimum atomic E-state index is -4.29. The van der Waals surface area contributed by atoms with Crippen LogP contribution in [0.25, 0.3) is 21.9 Å². The molecular weight excluding hydrogens is 388 g/mol. The molecule has 0 aliphatic heterocycles. The molecular formula is C20H20F3Zr. The van der Waals surface area contributed by atoms with E-state index in [0.29, 0.717) is 0 Å². The third-order valence-corrected chi connectivity index (χ3v) is 3.74. The molecule has 4 heteroatoms. The Labute approximate surface area is 161 Å². The van der Waals surface area contributed by atoms with Gasteiger partial charge in [0.2, 0.25) is 0 Å². The number of fused-ring (bicyclic) bond motifs is 1. The van der Waals surface area contributed by atoms with Crippen LogP contribution in [0.15, 0.2) is 54.6 Å². The molecule has 0 unspecified atom stereocenters. The SMILES string of the molecule is CCc1cc2c(-c3ccc(C(F)(F)F)cc3)cccc2[cH-]1.[CH3-].[CH3-].[Zr+3]. The fraction of sp³-hybridized carbons (Fsp3) is 0.150. The summed E-state index contributed by atoms with van der Waals surface area (Å²) in [7, 11) is 0. The fourth-order valence-corrected chi connectivity index (χ4v) is 2.59. The summed E-state index contributed by atoms with van der Waals surface area (Å²) in [4.78, 5) is 0. The van der Waals surface area contributed by atoms with Crippen LogP contribution in [-0.2, 0) is 38.8 Å². The average Bonchev–Trinajstić information content (AvgIpc) is 2.89. The van der Waals surface area contributed by atoms with Crippen LogP contribution in [0.1, 0.15) is 18.1 Å². The number of halogens is 3. The molecule has 0 bridgehead atoms. The zero-order valence-corrected chi connectivity index (χ0v) is 16.5. The zero-order valence-electron chi connectivity index (χ0n) is 14.0. The van der Waals surface area contributed by atoms with Crippen LogP contribution in [-0.4, -0.2) is 0 Å². The van der Waals surface area contributed by atoms with E-state index in [9.17, 15) is 13.2 Å². The second-order valence-corrected chi connectivity index (χ2v) is 5.10. The molecule has 0 heterocycles. The van der Waals surface area contributed by atoms with Gasteiger partial charge in [-0.15, -0.1) is 34.5 Å². The van der Waals surface area contributed by atoms with Gasteiger partial charge in [0, 0.05) is 0 Å². The smallest absolute Gasteiger partial charge is 0.358 e. The Bertz CT molecular complexity index is 768. The van der Waals surface area contributed by atoms with E-state index >= 15 is 0 Å². The van der Waals surface area contributed by atoms with Crippen LogP contribution in [0.5, 0.6) is 0 Å². The number of benzene rings is 2. The average molecular weight is 409 g/mol. The minimum absolute atomic E-state index is 0. The molecule has 0 aliphatic rings. The van der Waals surface area contributed by atoms with Gasteiger partial charge >= 0.3 is 32.4 Å². The van der Waals surface area contributed by atoms with Crippen molar-refractivity contribution in [3.8, 4) is 11.1 Å². The normalized spacial score (nSPS) is 10.5. The predicted molar refractivity (Wildman–Crippen MR) is 92.2 cm³/mol. The summed E-state index contributed by atoms with van der Waals surface area (Å²) >= 11 is 0. The van der Waals surface area contributed by atoms with Crippen molar-refractivity contribution in [2.75, 3.05) is 0 Å². The van der Waals surface area contributed by atoms with Gasteiger partial charge in [0.05, 0.1) is 5.56 Å². The van der Waals surface area contributed by atoms with Gasteiger partial charge in [-0.05, 0) is 24.1 Å². The van der Waals surface area contributed by atoms with Gasteiger partial charge in [-0.3, -0.25) is 0 Å². The minimum Gasteiger partial charge on any atom is -0.358 e. The maximum atomic E-state index is 12.6. The first-order valence-electron chi connectivity index (χ1n) is 6.85. The monoisotopic (exact) mass is 407 g/mol. The molecule has 0 N–H and O–H groups in total. The van der Waals surface area contributed by atoms with E-state index in [4.69, 9.17) is 0 Å². The number of hydrogen-bond donors (Lipinski definition) is 0. The Morgan fingerprint density at radius 3 is 2.12 bits per heavy atom. The standard InChI is InChI=1S/C18H14F3.2CH3.Zr/c1-2-12-10-14-4-3-5-16(17(14)11-12)13-6-8-15(9-7-13)18(19,20)21;;;/h3-11H,2H2,1H3;2*1H3;/q3*-1;+3. The van der Waals surface area contributed by atoms with Gasteiger partial charge in [0.15, 0.2) is 0 Å². The van der Waals surface area contributed by atoms with Crippen LogP contribution in [0, 0.1) is 14.9 Å². The molecule has 24 heavy (non-hydrogen) atoms. The molecule has 3 aromatic carbocycles. The van der Waals surface area contributed by atoms with Gasteiger partial charge in [-0.25, -0.2) is 0 Å². The molecule has 0 saturated carbocycles. The second kappa shape index (κ2) is 8.71. The number of alkyl halides is 3. The topological polar surface area (TPSA) is 0 Å². The van der Waals surface area contributed by atoms with E-state index in [-0.39, 0.29) is 41.1 Å². The van der Waals surface area contributed by atoms with Gasteiger partial charge in [0.25, 0.3) is 0 Å². The number of rotatable bonds is 2. The number of aryl methyl sites for hydroxylation is 1. The van der Waals surface area contributed by atoms with E-state index in [1.165, 1.54) is 17.7 Å². The Morgan fingerprint density at radius 2 is 1.58 bits per heavy atom. The van der Waals surface area contributed by atoms with Gasteiger partial charge in [-0.1, -0.05) is 30.7 Å². The summed E-state index contributed by atoms with van der Waals surface area (Å²) in [6.07, 6.45) is -3.35. The summed E-state index contributed by atoms with van der Waals surface area (Å²) in [5, 5.41) is 2.22. The predicted octanol–water partition coefficient (Wildman–Crippen LogP) is 6.70. The third-order valence-electron chi connectivity index (χ3n) is 3.74. The van der Waals surface area contributed by atoms with Crippen LogP contribution < -0.4 is 0 Å². The first kappa shape index (κ1) is 22.7. The first-order valence-corrected chi connectivity index (χ1v) is 6.85. The third kappa shape index (κ3) is 4.42. The van der Waals surface area contributed by atoms with Gasteiger partial charge in [0.1, 0.15) is 0 Å². The molecule has 0 spiro atoms. The van der Waals surface area contributed by atoms with E-state index in [2.05, 4.69) is 19.1 Å². The summed E-state index contributed by atoms with van der Waals surface area (Å²) < 4.78 is 37.9. The Balaban J connectivity index is 0.00000176. The Morgan fingerprint density at radius 1 is 0.958 bits per heavy atom. The molecule has 0 fully saturated rings. The summed E-state index contributed by atoms with van der Waals surface area (Å²) in [5.41, 5.74) is 2.40. The van der Waals surface area contributed by atoms with Crippen molar-refractivity contribution in [1.29, 1.82) is 0 Å². The molecule has 0 nitrogen and oxygen atoms in total. The molecule has 0 saturated heterocycles. The van der Waals surface area contributed by atoms with Gasteiger partial charge in [-0.2, -0.15) is 19.2 Å². The van der Waals surface area contributed by atoms with Crippen molar-refractivity contribution < 1.29 is 39.4 Å². The van der Waals surface area contributed by atoms with Crippen LogP contribution in [0.3, 0.4) is 0 Å². The van der Waals surface area contributed by atoms with Crippen molar-refractivity contribution in [1.82, 2.24) is 0 Å². The molecule has 1 radical (unpaired) electrons. The molecule has 0 aromatic heterocycles. The van der Waals surface area contributed by atoms with E-state index < -0.39 is 11.7 Å². The summed E-state index contributed by atoms with van der Waals surface area (Å²) in [6, 6.07) is 15.5. The van der Waals surface area contributed by atoms with Gasteiger partial charge < -0.3 is 14.9 Å². The fourth-order valence-electron chi connectivity index (χ4n) is 2.59. The maximum absolute atomic E-state index is 12.6. The van der Waals surface area contributed by atoms with Crippen LogP contribution in [0.2, 0.25) is 0 Å². The van der Waals surface area contributed by atoms with E-state index in [1.807, 2.05) is 18.2 Å². The van der Waals surface area contributed by atoms with Crippen molar-refractivity contribution in [3.05, 3.63) is 80.6 Å². The summed E-state index contributed by atoms with van der Waals surface area (Å²) in [5.74, 6) is 0. The number of hydrogen-bond acceptors (Lipinski definition) is 0. The van der Waals surface area contributed by atoms with Crippen LogP contribution >= 0.6 is 0 Å². The summed E-state index contributed by atoms with van der Waals surface area (Å²) in [6.45, 7) is 2.09.